The zero-order valence-corrected chi connectivity index (χ0v) is 14.4. The summed E-state index contributed by atoms with van der Waals surface area (Å²) < 4.78 is 25.2. The van der Waals surface area contributed by atoms with Crippen LogP contribution in [0.4, 0.5) is 5.82 Å². The van der Waals surface area contributed by atoms with Crippen molar-refractivity contribution in [3.8, 4) is 0 Å². The molecule has 1 aromatic heterocycles. The molecule has 0 aromatic carbocycles. The summed E-state index contributed by atoms with van der Waals surface area (Å²) in [5.41, 5.74) is 2.46. The van der Waals surface area contributed by atoms with Gasteiger partial charge in [-0.25, -0.2) is 18.4 Å². The van der Waals surface area contributed by atoms with Crippen LogP contribution in [0.2, 0.25) is 0 Å². The number of hydrogen-bond donors (Lipinski definition) is 0. The van der Waals surface area contributed by atoms with Crippen molar-refractivity contribution in [2.75, 3.05) is 30.8 Å². The summed E-state index contributed by atoms with van der Waals surface area (Å²) in [5, 5.41) is 0. The highest BCUT2D eigenvalue weighted by Crippen LogP contribution is 2.29. The quantitative estimate of drug-likeness (QED) is 0.816. The van der Waals surface area contributed by atoms with Gasteiger partial charge < -0.3 is 4.90 Å². The van der Waals surface area contributed by atoms with Crippen LogP contribution in [0.25, 0.3) is 0 Å². The number of piperazine rings is 1. The molecule has 0 spiro atoms. The standard InChI is InChI=1S/C15H24N4O2S/c1-11-10-18(8-9-19(11)22(3,20)21)15-13-6-4-5-7-14(13)16-12(2)17-15/h11H,4-10H2,1-3H3/t11-/m0/s1. The summed E-state index contributed by atoms with van der Waals surface area (Å²) in [4.78, 5) is 11.5. The first-order chi connectivity index (χ1) is 10.4. The van der Waals surface area contributed by atoms with E-state index in [-0.39, 0.29) is 6.04 Å². The molecule has 0 amide bonds. The summed E-state index contributed by atoms with van der Waals surface area (Å²) in [7, 11) is -3.13. The molecule has 0 N–H and O–H groups in total. The second kappa shape index (κ2) is 5.77. The Morgan fingerprint density at radius 3 is 2.55 bits per heavy atom. The Kier molecular flexibility index (Phi) is 4.11. The highest BCUT2D eigenvalue weighted by atomic mass is 32.2. The highest BCUT2D eigenvalue weighted by Gasteiger charge is 2.32. The summed E-state index contributed by atoms with van der Waals surface area (Å²) in [5.74, 6) is 1.84. The van der Waals surface area contributed by atoms with Crippen LogP contribution in [0.1, 0.15) is 36.8 Å². The van der Waals surface area contributed by atoms with Gasteiger partial charge in [0.1, 0.15) is 11.6 Å². The molecule has 1 aliphatic carbocycles. The second-order valence-corrected chi connectivity index (χ2v) is 8.33. The Labute approximate surface area is 132 Å². The number of fused-ring (bicyclic) bond motifs is 1. The van der Waals surface area contributed by atoms with E-state index in [4.69, 9.17) is 0 Å². The van der Waals surface area contributed by atoms with Gasteiger partial charge in [-0.1, -0.05) is 0 Å². The van der Waals surface area contributed by atoms with E-state index < -0.39 is 10.0 Å². The van der Waals surface area contributed by atoms with Crippen molar-refractivity contribution in [2.45, 2.75) is 45.6 Å². The Balaban J connectivity index is 1.89. The smallest absolute Gasteiger partial charge is 0.211 e. The van der Waals surface area contributed by atoms with E-state index in [2.05, 4.69) is 14.9 Å². The van der Waals surface area contributed by atoms with Crippen molar-refractivity contribution in [3.05, 3.63) is 17.1 Å². The summed E-state index contributed by atoms with van der Waals surface area (Å²) in [6, 6.07) is -0.0294. The Morgan fingerprint density at radius 2 is 1.86 bits per heavy atom. The van der Waals surface area contributed by atoms with Gasteiger partial charge in [-0.3, -0.25) is 0 Å². The monoisotopic (exact) mass is 324 g/mol. The molecule has 0 radical (unpaired) electrons. The Bertz CT molecular complexity index is 674. The van der Waals surface area contributed by atoms with Gasteiger partial charge in [-0.2, -0.15) is 4.31 Å². The molecule has 1 aromatic rings. The summed E-state index contributed by atoms with van der Waals surface area (Å²) >= 11 is 0. The van der Waals surface area contributed by atoms with Crippen molar-refractivity contribution >= 4 is 15.8 Å². The van der Waals surface area contributed by atoms with Crippen LogP contribution in [0.3, 0.4) is 0 Å². The number of rotatable bonds is 2. The first-order valence-electron chi connectivity index (χ1n) is 7.94. The fraction of sp³-hybridized carbons (Fsp3) is 0.733. The van der Waals surface area contributed by atoms with Gasteiger partial charge in [0.25, 0.3) is 0 Å². The minimum absolute atomic E-state index is 0.0294. The van der Waals surface area contributed by atoms with E-state index in [0.717, 1.165) is 24.5 Å². The first-order valence-corrected chi connectivity index (χ1v) is 9.79. The molecule has 0 unspecified atom stereocenters. The molecule has 2 aliphatic rings. The number of anilines is 1. The normalized spacial score (nSPS) is 23.4. The van der Waals surface area contributed by atoms with E-state index in [1.807, 2.05) is 13.8 Å². The number of sulfonamides is 1. The maximum absolute atomic E-state index is 11.8. The van der Waals surface area contributed by atoms with Crippen LogP contribution in [0.15, 0.2) is 0 Å². The predicted octanol–water partition coefficient (Wildman–Crippen LogP) is 1.13. The number of aromatic nitrogens is 2. The third-order valence-corrected chi connectivity index (χ3v) is 5.96. The third-order valence-electron chi connectivity index (χ3n) is 4.57. The zero-order chi connectivity index (χ0) is 15.9. The number of nitrogens with zero attached hydrogens (tertiary/aromatic N) is 4. The summed E-state index contributed by atoms with van der Waals surface area (Å²) in [6.45, 7) is 5.82. The molecule has 1 saturated heterocycles. The fourth-order valence-electron chi connectivity index (χ4n) is 3.58. The molecule has 7 heteroatoms. The molecular formula is C15H24N4O2S. The molecule has 0 saturated carbocycles. The molecule has 2 heterocycles. The van der Waals surface area contributed by atoms with Crippen LogP contribution in [0.5, 0.6) is 0 Å². The Hall–Kier alpha value is -1.21. The van der Waals surface area contributed by atoms with E-state index in [9.17, 15) is 8.42 Å². The first kappa shape index (κ1) is 15.7. The van der Waals surface area contributed by atoms with E-state index in [1.54, 1.807) is 4.31 Å². The molecule has 3 rings (SSSR count). The molecule has 6 nitrogen and oxygen atoms in total. The van der Waals surface area contributed by atoms with Crippen molar-refractivity contribution in [3.63, 3.8) is 0 Å². The van der Waals surface area contributed by atoms with Gasteiger partial charge in [0, 0.05) is 36.9 Å². The minimum Gasteiger partial charge on any atom is -0.353 e. The molecule has 1 aliphatic heterocycles. The van der Waals surface area contributed by atoms with E-state index in [0.29, 0.717) is 19.6 Å². The fourth-order valence-corrected chi connectivity index (χ4v) is 4.72. The van der Waals surface area contributed by atoms with Crippen molar-refractivity contribution < 1.29 is 8.42 Å². The maximum atomic E-state index is 11.8. The number of hydrogen-bond acceptors (Lipinski definition) is 5. The average molecular weight is 324 g/mol. The van der Waals surface area contributed by atoms with Crippen molar-refractivity contribution in [1.82, 2.24) is 14.3 Å². The highest BCUT2D eigenvalue weighted by molar-refractivity contribution is 7.88. The second-order valence-electron chi connectivity index (χ2n) is 6.40. The lowest BCUT2D eigenvalue weighted by Crippen LogP contribution is -2.54. The van der Waals surface area contributed by atoms with Gasteiger partial charge in [0.15, 0.2) is 0 Å². The van der Waals surface area contributed by atoms with Crippen molar-refractivity contribution in [2.24, 2.45) is 0 Å². The topological polar surface area (TPSA) is 66.4 Å². The van der Waals surface area contributed by atoms with Gasteiger partial charge >= 0.3 is 0 Å². The van der Waals surface area contributed by atoms with Crippen LogP contribution in [0, 0.1) is 6.92 Å². The lowest BCUT2D eigenvalue weighted by atomic mass is 9.95. The molecular weight excluding hydrogens is 300 g/mol. The number of aryl methyl sites for hydroxylation is 2. The molecule has 122 valence electrons. The third kappa shape index (κ3) is 2.96. The Morgan fingerprint density at radius 1 is 1.14 bits per heavy atom. The molecule has 22 heavy (non-hydrogen) atoms. The van der Waals surface area contributed by atoms with Crippen LogP contribution >= 0.6 is 0 Å². The molecule has 1 fully saturated rings. The minimum atomic E-state index is -3.13. The molecule has 0 bridgehead atoms. The van der Waals surface area contributed by atoms with Crippen LogP contribution < -0.4 is 4.90 Å². The van der Waals surface area contributed by atoms with Crippen LogP contribution in [-0.4, -0.2) is 54.6 Å². The lowest BCUT2D eigenvalue weighted by molar-refractivity contribution is 0.307. The predicted molar refractivity (Wildman–Crippen MR) is 86.6 cm³/mol. The van der Waals surface area contributed by atoms with Gasteiger partial charge in [-0.05, 0) is 39.5 Å². The molecule has 1 atom stereocenters. The van der Waals surface area contributed by atoms with Crippen LogP contribution in [-0.2, 0) is 22.9 Å². The lowest BCUT2D eigenvalue weighted by Gasteiger charge is -2.40. The SMILES string of the molecule is Cc1nc2c(c(N3CCN(S(C)(=O)=O)[C@@H](C)C3)n1)CCCC2. The van der Waals surface area contributed by atoms with E-state index >= 15 is 0 Å². The average Bonchev–Trinajstić information content (AvgIpc) is 2.44. The van der Waals surface area contributed by atoms with Crippen molar-refractivity contribution in [1.29, 1.82) is 0 Å². The maximum Gasteiger partial charge on any atom is 0.211 e. The zero-order valence-electron chi connectivity index (χ0n) is 13.5. The van der Waals surface area contributed by atoms with E-state index in [1.165, 1.54) is 30.4 Å². The largest absolute Gasteiger partial charge is 0.353 e. The van der Waals surface area contributed by atoms with Gasteiger partial charge in [-0.15, -0.1) is 0 Å². The van der Waals surface area contributed by atoms with Gasteiger partial charge in [0.2, 0.25) is 10.0 Å². The van der Waals surface area contributed by atoms with Gasteiger partial charge in [0.05, 0.1) is 6.26 Å². The summed E-state index contributed by atoms with van der Waals surface area (Å²) in [6.07, 6.45) is 5.73.